The first-order chi connectivity index (χ1) is 19.5. The SMILES string of the molecule is CS(=O)(=O)N(CC(=O)N(Cc1cccc(Cl)c1)C(Cc1ccccc1)C(=O)NC1CCCC1)c1ccc(Cl)cc1Cl. The van der Waals surface area contributed by atoms with Gasteiger partial charge in [0, 0.05) is 29.1 Å². The molecule has 1 aliphatic rings. The number of anilines is 1. The van der Waals surface area contributed by atoms with Crippen LogP contribution in [0.25, 0.3) is 0 Å². The van der Waals surface area contributed by atoms with Gasteiger partial charge in [-0.3, -0.25) is 13.9 Å². The molecule has 3 aromatic rings. The Balaban J connectivity index is 1.74. The van der Waals surface area contributed by atoms with Gasteiger partial charge in [-0.05, 0) is 54.3 Å². The molecule has 4 rings (SSSR count). The van der Waals surface area contributed by atoms with Crippen LogP contribution in [0.15, 0.2) is 72.8 Å². The molecule has 1 unspecified atom stereocenters. The summed E-state index contributed by atoms with van der Waals surface area (Å²) in [7, 11) is -3.95. The molecule has 0 saturated heterocycles. The molecule has 1 atom stereocenters. The second kappa shape index (κ2) is 13.9. The second-order valence-corrected chi connectivity index (χ2v) is 13.4. The molecule has 41 heavy (non-hydrogen) atoms. The van der Waals surface area contributed by atoms with Crippen molar-refractivity contribution in [3.8, 4) is 0 Å². The maximum atomic E-state index is 14.2. The number of carbonyl (C=O) groups is 2. The molecule has 3 aromatic carbocycles. The third-order valence-corrected chi connectivity index (χ3v) is 8.97. The smallest absolute Gasteiger partial charge is 0.244 e. The normalized spacial score (nSPS) is 14.4. The molecule has 1 saturated carbocycles. The Morgan fingerprint density at radius 3 is 2.20 bits per heavy atom. The molecule has 1 N–H and O–H groups in total. The van der Waals surface area contributed by atoms with Crippen LogP contribution >= 0.6 is 34.8 Å². The summed E-state index contributed by atoms with van der Waals surface area (Å²) in [5, 5.41) is 4.02. The minimum atomic E-state index is -3.95. The van der Waals surface area contributed by atoms with E-state index in [9.17, 15) is 18.0 Å². The first kappa shape index (κ1) is 31.2. The predicted molar refractivity (Wildman–Crippen MR) is 165 cm³/mol. The minimum Gasteiger partial charge on any atom is -0.352 e. The van der Waals surface area contributed by atoms with E-state index in [4.69, 9.17) is 34.8 Å². The largest absolute Gasteiger partial charge is 0.352 e. The summed E-state index contributed by atoms with van der Waals surface area (Å²) in [5.74, 6) is -0.851. The molecule has 0 aromatic heterocycles. The number of amides is 2. The molecule has 7 nitrogen and oxygen atoms in total. The topological polar surface area (TPSA) is 86.8 Å². The highest BCUT2D eigenvalue weighted by atomic mass is 35.5. The van der Waals surface area contributed by atoms with Crippen LogP contribution < -0.4 is 9.62 Å². The van der Waals surface area contributed by atoms with Gasteiger partial charge in [-0.1, -0.05) is 90.1 Å². The quantitative estimate of drug-likeness (QED) is 0.275. The van der Waals surface area contributed by atoms with Crippen molar-refractivity contribution < 1.29 is 18.0 Å². The average Bonchev–Trinajstić information content (AvgIpc) is 3.42. The van der Waals surface area contributed by atoms with Gasteiger partial charge >= 0.3 is 0 Å². The molecule has 0 aliphatic heterocycles. The molecule has 218 valence electrons. The van der Waals surface area contributed by atoms with Crippen LogP contribution in [0, 0.1) is 0 Å². The first-order valence-corrected chi connectivity index (χ1v) is 16.3. The van der Waals surface area contributed by atoms with Crippen LogP contribution in [0.1, 0.15) is 36.8 Å². The van der Waals surface area contributed by atoms with E-state index in [-0.39, 0.29) is 35.6 Å². The van der Waals surface area contributed by atoms with Gasteiger partial charge in [0.15, 0.2) is 0 Å². The lowest BCUT2D eigenvalue weighted by atomic mass is 10.0. The summed E-state index contributed by atoms with van der Waals surface area (Å²) in [6, 6.07) is 19.9. The van der Waals surface area contributed by atoms with Crippen LogP contribution in [-0.2, 0) is 32.6 Å². The number of sulfonamides is 1. The Morgan fingerprint density at radius 1 is 0.902 bits per heavy atom. The van der Waals surface area contributed by atoms with Crippen molar-refractivity contribution in [2.24, 2.45) is 0 Å². The number of hydrogen-bond donors (Lipinski definition) is 1. The van der Waals surface area contributed by atoms with Crippen molar-refractivity contribution in [3.05, 3.63) is 99.0 Å². The predicted octanol–water partition coefficient (Wildman–Crippen LogP) is 6.11. The minimum absolute atomic E-state index is 0.0317. The molecule has 11 heteroatoms. The summed E-state index contributed by atoms with van der Waals surface area (Å²) >= 11 is 18.6. The Bertz CT molecular complexity index is 1480. The van der Waals surface area contributed by atoms with Gasteiger partial charge in [-0.2, -0.15) is 0 Å². The number of nitrogens with one attached hydrogen (secondary N) is 1. The molecular formula is C30H32Cl3N3O4S. The molecular weight excluding hydrogens is 605 g/mol. The van der Waals surface area contributed by atoms with Gasteiger partial charge < -0.3 is 10.2 Å². The molecule has 2 amide bonds. The number of rotatable bonds is 11. The fraction of sp³-hybridized carbons (Fsp3) is 0.333. The standard InChI is InChI=1S/C30H32Cl3N3O4S/c1-41(39,40)36(27-15-14-24(32)18-26(27)33)20-29(37)35(19-22-10-7-11-23(31)16-22)28(17-21-8-3-2-4-9-21)30(38)34-25-12-5-6-13-25/h2-4,7-11,14-16,18,25,28H,5-6,12-13,17,19-20H2,1H3,(H,34,38). The maximum Gasteiger partial charge on any atom is 0.244 e. The van der Waals surface area contributed by atoms with Gasteiger partial charge in [0.05, 0.1) is 17.0 Å². The average molecular weight is 637 g/mol. The molecule has 1 aliphatic carbocycles. The Labute approximate surface area is 256 Å². The number of hydrogen-bond acceptors (Lipinski definition) is 4. The monoisotopic (exact) mass is 635 g/mol. The van der Waals surface area contributed by atoms with E-state index >= 15 is 0 Å². The van der Waals surface area contributed by atoms with Crippen molar-refractivity contribution in [2.45, 2.75) is 50.7 Å². The van der Waals surface area contributed by atoms with Gasteiger partial charge in [0.25, 0.3) is 0 Å². The fourth-order valence-electron chi connectivity index (χ4n) is 5.03. The van der Waals surface area contributed by atoms with E-state index in [2.05, 4.69) is 5.32 Å². The van der Waals surface area contributed by atoms with Crippen molar-refractivity contribution in [2.75, 3.05) is 17.1 Å². The van der Waals surface area contributed by atoms with Gasteiger partial charge in [-0.15, -0.1) is 0 Å². The summed E-state index contributed by atoms with van der Waals surface area (Å²) in [6.07, 6.45) is 5.06. The molecule has 0 radical (unpaired) electrons. The van der Waals surface area contributed by atoms with E-state index in [1.165, 1.54) is 23.1 Å². The lowest BCUT2D eigenvalue weighted by molar-refractivity contribution is -0.140. The van der Waals surface area contributed by atoms with Crippen LogP contribution in [0.5, 0.6) is 0 Å². The summed E-state index contributed by atoms with van der Waals surface area (Å²) in [4.78, 5) is 29.4. The Morgan fingerprint density at radius 2 is 1.56 bits per heavy atom. The van der Waals surface area contributed by atoms with E-state index < -0.39 is 28.5 Å². The number of benzene rings is 3. The van der Waals surface area contributed by atoms with Gasteiger partial charge in [0.2, 0.25) is 21.8 Å². The Kier molecular flexibility index (Phi) is 10.6. The first-order valence-electron chi connectivity index (χ1n) is 13.3. The van der Waals surface area contributed by atoms with E-state index in [1.54, 1.807) is 18.2 Å². The van der Waals surface area contributed by atoms with Gasteiger partial charge in [-0.25, -0.2) is 8.42 Å². The lowest BCUT2D eigenvalue weighted by Crippen LogP contribution is -2.54. The molecule has 0 heterocycles. The highest BCUT2D eigenvalue weighted by Gasteiger charge is 2.34. The summed E-state index contributed by atoms with van der Waals surface area (Å²) < 4.78 is 26.8. The van der Waals surface area contributed by atoms with Gasteiger partial charge in [0.1, 0.15) is 12.6 Å². The van der Waals surface area contributed by atoms with E-state index in [1.807, 2.05) is 36.4 Å². The van der Waals surface area contributed by atoms with Crippen molar-refractivity contribution in [3.63, 3.8) is 0 Å². The third kappa shape index (κ3) is 8.61. The number of carbonyl (C=O) groups excluding carboxylic acids is 2. The highest BCUT2D eigenvalue weighted by Crippen LogP contribution is 2.31. The van der Waals surface area contributed by atoms with Crippen LogP contribution in [0.2, 0.25) is 15.1 Å². The Hall–Kier alpha value is -2.78. The molecule has 0 bridgehead atoms. The van der Waals surface area contributed by atoms with E-state index in [0.29, 0.717) is 15.6 Å². The second-order valence-electron chi connectivity index (χ2n) is 10.2. The van der Waals surface area contributed by atoms with Crippen molar-refractivity contribution >= 4 is 62.3 Å². The summed E-state index contributed by atoms with van der Waals surface area (Å²) in [6.45, 7) is -0.524. The zero-order valence-corrected chi connectivity index (χ0v) is 25.7. The van der Waals surface area contributed by atoms with Crippen molar-refractivity contribution in [1.29, 1.82) is 0 Å². The van der Waals surface area contributed by atoms with Crippen LogP contribution in [0.4, 0.5) is 5.69 Å². The molecule has 1 fully saturated rings. The lowest BCUT2D eigenvalue weighted by Gasteiger charge is -2.34. The van der Waals surface area contributed by atoms with Crippen LogP contribution in [-0.4, -0.2) is 50.0 Å². The third-order valence-electron chi connectivity index (χ3n) is 7.07. The molecule has 0 spiro atoms. The zero-order valence-electron chi connectivity index (χ0n) is 22.6. The zero-order chi connectivity index (χ0) is 29.6. The number of halogens is 3. The number of nitrogens with zero attached hydrogens (tertiary/aromatic N) is 2. The highest BCUT2D eigenvalue weighted by molar-refractivity contribution is 7.92. The van der Waals surface area contributed by atoms with Crippen molar-refractivity contribution in [1.82, 2.24) is 10.2 Å². The summed E-state index contributed by atoms with van der Waals surface area (Å²) in [5.41, 5.74) is 1.68. The fourth-order valence-corrected chi connectivity index (χ4v) is 6.67. The van der Waals surface area contributed by atoms with E-state index in [0.717, 1.165) is 41.8 Å². The van der Waals surface area contributed by atoms with Crippen LogP contribution in [0.3, 0.4) is 0 Å². The maximum absolute atomic E-state index is 14.2.